The summed E-state index contributed by atoms with van der Waals surface area (Å²) < 4.78 is 1.58. The molecular formula is C10H11N3O2S. The van der Waals surface area contributed by atoms with Crippen LogP contribution in [0.15, 0.2) is 17.8 Å². The summed E-state index contributed by atoms with van der Waals surface area (Å²) in [6.45, 7) is 2.57. The van der Waals surface area contributed by atoms with Gasteiger partial charge in [-0.2, -0.15) is 5.10 Å². The lowest BCUT2D eigenvalue weighted by atomic mass is 10.4. The predicted molar refractivity (Wildman–Crippen MR) is 59.8 cm³/mol. The molecule has 6 heteroatoms. The second kappa shape index (κ2) is 4.44. The zero-order chi connectivity index (χ0) is 11.5. The molecular weight excluding hydrogens is 226 g/mol. The largest absolute Gasteiger partial charge is 0.478 e. The quantitative estimate of drug-likeness (QED) is 0.877. The first-order valence-corrected chi connectivity index (χ1v) is 5.76. The first-order valence-electron chi connectivity index (χ1n) is 4.88. The van der Waals surface area contributed by atoms with Crippen LogP contribution in [0.1, 0.15) is 28.0 Å². The highest BCUT2D eigenvalue weighted by atomic mass is 32.1. The van der Waals surface area contributed by atoms with Crippen LogP contribution in [-0.4, -0.2) is 25.8 Å². The monoisotopic (exact) mass is 237 g/mol. The molecule has 2 aromatic rings. The van der Waals surface area contributed by atoms with Crippen molar-refractivity contribution < 1.29 is 9.90 Å². The van der Waals surface area contributed by atoms with Gasteiger partial charge in [0.2, 0.25) is 0 Å². The molecule has 0 atom stereocenters. The Bertz CT molecular complexity index is 504. The molecule has 2 rings (SSSR count). The summed E-state index contributed by atoms with van der Waals surface area (Å²) in [6, 6.07) is 0. The summed E-state index contributed by atoms with van der Waals surface area (Å²) in [7, 11) is 0. The molecule has 0 unspecified atom stereocenters. The normalized spacial score (nSPS) is 10.6. The number of hydrogen-bond acceptors (Lipinski definition) is 4. The molecule has 0 saturated carbocycles. The second-order valence-corrected chi connectivity index (χ2v) is 4.26. The van der Waals surface area contributed by atoms with E-state index in [2.05, 4.69) is 17.0 Å². The van der Waals surface area contributed by atoms with Gasteiger partial charge in [0.15, 0.2) is 0 Å². The zero-order valence-corrected chi connectivity index (χ0v) is 9.57. The van der Waals surface area contributed by atoms with Crippen LogP contribution in [0.4, 0.5) is 0 Å². The van der Waals surface area contributed by atoms with Gasteiger partial charge in [0.25, 0.3) is 0 Å². The van der Waals surface area contributed by atoms with E-state index in [0.29, 0.717) is 6.54 Å². The second-order valence-electron chi connectivity index (χ2n) is 3.32. The molecule has 0 aromatic carbocycles. The van der Waals surface area contributed by atoms with Gasteiger partial charge < -0.3 is 5.11 Å². The number of aryl methyl sites for hydroxylation is 1. The first-order chi connectivity index (χ1) is 7.69. The molecule has 0 aliphatic carbocycles. The Morgan fingerprint density at radius 1 is 1.62 bits per heavy atom. The summed E-state index contributed by atoms with van der Waals surface area (Å²) in [5, 5.41) is 15.8. The van der Waals surface area contributed by atoms with E-state index in [4.69, 9.17) is 5.11 Å². The molecule has 0 amide bonds. The number of aromatic nitrogens is 3. The minimum atomic E-state index is -0.959. The molecule has 0 aliphatic heterocycles. The van der Waals surface area contributed by atoms with Gasteiger partial charge in [-0.1, -0.05) is 6.92 Å². The summed E-state index contributed by atoms with van der Waals surface area (Å²) in [5.74, 6) is -0.959. The van der Waals surface area contributed by atoms with E-state index in [-0.39, 0.29) is 5.56 Å². The van der Waals surface area contributed by atoms with Crippen molar-refractivity contribution >= 4 is 17.3 Å². The molecule has 0 saturated heterocycles. The molecule has 5 nitrogen and oxygen atoms in total. The number of nitrogens with zero attached hydrogens (tertiary/aromatic N) is 3. The van der Waals surface area contributed by atoms with E-state index < -0.39 is 5.97 Å². The fraction of sp³-hybridized carbons (Fsp3) is 0.300. The van der Waals surface area contributed by atoms with Crippen LogP contribution in [0.2, 0.25) is 0 Å². The van der Waals surface area contributed by atoms with Gasteiger partial charge in [-0.25, -0.2) is 9.78 Å². The minimum Gasteiger partial charge on any atom is -0.478 e. The Morgan fingerprint density at radius 2 is 2.44 bits per heavy atom. The average molecular weight is 237 g/mol. The van der Waals surface area contributed by atoms with Crippen molar-refractivity contribution in [2.45, 2.75) is 19.9 Å². The number of carboxylic acids is 1. The van der Waals surface area contributed by atoms with Crippen molar-refractivity contribution in [2.75, 3.05) is 0 Å². The molecule has 2 aromatic heterocycles. The van der Waals surface area contributed by atoms with E-state index in [0.717, 1.165) is 17.1 Å². The van der Waals surface area contributed by atoms with Gasteiger partial charge in [-0.3, -0.25) is 4.68 Å². The van der Waals surface area contributed by atoms with Crippen LogP contribution >= 0.6 is 11.3 Å². The van der Waals surface area contributed by atoms with Crippen LogP contribution in [-0.2, 0) is 13.0 Å². The highest BCUT2D eigenvalue weighted by Crippen LogP contribution is 2.11. The average Bonchev–Trinajstić information content (AvgIpc) is 2.87. The van der Waals surface area contributed by atoms with Crippen molar-refractivity contribution in [3.8, 4) is 0 Å². The third-order valence-corrected chi connectivity index (χ3v) is 3.15. The first kappa shape index (κ1) is 10.8. The molecule has 1 N–H and O–H groups in total. The van der Waals surface area contributed by atoms with Gasteiger partial charge in [-0.15, -0.1) is 11.3 Å². The zero-order valence-electron chi connectivity index (χ0n) is 8.75. The van der Waals surface area contributed by atoms with Crippen LogP contribution in [0.25, 0.3) is 0 Å². The lowest BCUT2D eigenvalue weighted by Gasteiger charge is -1.96. The number of rotatable bonds is 4. The Hall–Kier alpha value is -1.69. The molecule has 2 heterocycles. The van der Waals surface area contributed by atoms with E-state index in [9.17, 15) is 4.79 Å². The van der Waals surface area contributed by atoms with Gasteiger partial charge in [0.05, 0.1) is 29.0 Å². The Morgan fingerprint density at radius 3 is 3.00 bits per heavy atom. The SMILES string of the molecule is CCc1nc(Cn2cc(C(=O)O)cn2)cs1. The van der Waals surface area contributed by atoms with E-state index >= 15 is 0 Å². The van der Waals surface area contributed by atoms with Gasteiger partial charge in [0.1, 0.15) is 0 Å². The molecule has 0 radical (unpaired) electrons. The van der Waals surface area contributed by atoms with Gasteiger partial charge >= 0.3 is 5.97 Å². The highest BCUT2D eigenvalue weighted by Gasteiger charge is 2.07. The molecule has 16 heavy (non-hydrogen) atoms. The molecule has 0 spiro atoms. The molecule has 0 fully saturated rings. The van der Waals surface area contributed by atoms with Gasteiger partial charge in [-0.05, 0) is 6.42 Å². The van der Waals surface area contributed by atoms with Crippen molar-refractivity contribution in [3.05, 3.63) is 34.0 Å². The topological polar surface area (TPSA) is 68.0 Å². The van der Waals surface area contributed by atoms with Gasteiger partial charge in [0, 0.05) is 11.6 Å². The fourth-order valence-electron chi connectivity index (χ4n) is 1.31. The van der Waals surface area contributed by atoms with Crippen LogP contribution in [0.3, 0.4) is 0 Å². The maximum atomic E-state index is 10.7. The summed E-state index contributed by atoms with van der Waals surface area (Å²) >= 11 is 1.61. The summed E-state index contributed by atoms with van der Waals surface area (Å²) in [5.41, 5.74) is 1.12. The maximum absolute atomic E-state index is 10.7. The van der Waals surface area contributed by atoms with E-state index in [1.807, 2.05) is 5.38 Å². The fourth-order valence-corrected chi connectivity index (χ4v) is 2.05. The standard InChI is InChI=1S/C10H11N3O2S/c1-2-9-12-8(6-16-9)5-13-4-7(3-11-13)10(14)15/h3-4,6H,2,5H2,1H3,(H,14,15). The van der Waals surface area contributed by atoms with Crippen molar-refractivity contribution in [3.63, 3.8) is 0 Å². The number of carbonyl (C=O) groups is 1. The van der Waals surface area contributed by atoms with Crippen LogP contribution < -0.4 is 0 Å². The Kier molecular flexibility index (Phi) is 3.00. The molecule has 84 valence electrons. The third kappa shape index (κ3) is 2.27. The highest BCUT2D eigenvalue weighted by molar-refractivity contribution is 7.09. The summed E-state index contributed by atoms with van der Waals surface area (Å²) in [6.07, 6.45) is 3.77. The third-order valence-electron chi connectivity index (χ3n) is 2.11. The lowest BCUT2D eigenvalue weighted by Crippen LogP contribution is -2.01. The Balaban J connectivity index is 2.11. The number of thiazole rings is 1. The van der Waals surface area contributed by atoms with Crippen LogP contribution in [0.5, 0.6) is 0 Å². The van der Waals surface area contributed by atoms with Crippen molar-refractivity contribution in [1.29, 1.82) is 0 Å². The van der Waals surface area contributed by atoms with Crippen LogP contribution in [0, 0.1) is 0 Å². The predicted octanol–water partition coefficient (Wildman–Crippen LogP) is 1.65. The number of aromatic carboxylic acids is 1. The maximum Gasteiger partial charge on any atom is 0.338 e. The minimum absolute atomic E-state index is 0.200. The van der Waals surface area contributed by atoms with Crippen molar-refractivity contribution in [1.82, 2.24) is 14.8 Å². The van der Waals surface area contributed by atoms with E-state index in [1.165, 1.54) is 12.4 Å². The Labute approximate surface area is 96.4 Å². The molecule has 0 bridgehead atoms. The smallest absolute Gasteiger partial charge is 0.338 e. The summed E-state index contributed by atoms with van der Waals surface area (Å²) in [4.78, 5) is 15.0. The van der Waals surface area contributed by atoms with Crippen molar-refractivity contribution in [2.24, 2.45) is 0 Å². The number of hydrogen-bond donors (Lipinski definition) is 1. The molecule has 0 aliphatic rings. The van der Waals surface area contributed by atoms with E-state index in [1.54, 1.807) is 16.0 Å². The number of carboxylic acid groups (broad SMARTS) is 1. The lowest BCUT2D eigenvalue weighted by molar-refractivity contribution is 0.0697.